The van der Waals surface area contributed by atoms with Crippen LogP contribution in [-0.2, 0) is 0 Å². The Balaban J connectivity index is 2.21. The molecule has 15 heavy (non-hydrogen) atoms. The van der Waals surface area contributed by atoms with Gasteiger partial charge in [0.05, 0.1) is 0 Å². The van der Waals surface area contributed by atoms with Gasteiger partial charge in [0.2, 0.25) is 0 Å². The minimum atomic E-state index is 0.456. The summed E-state index contributed by atoms with van der Waals surface area (Å²) in [5.74, 6) is 0.926. The lowest BCUT2D eigenvalue weighted by atomic mass is 9.96. The number of hydrogen-bond donors (Lipinski definition) is 0. The van der Waals surface area contributed by atoms with Gasteiger partial charge in [0.15, 0.2) is 0 Å². The summed E-state index contributed by atoms with van der Waals surface area (Å²) in [5, 5.41) is 0.456. The van der Waals surface area contributed by atoms with Crippen molar-refractivity contribution in [2.24, 2.45) is 5.92 Å². The summed E-state index contributed by atoms with van der Waals surface area (Å²) in [6, 6.07) is 0. The van der Waals surface area contributed by atoms with E-state index in [2.05, 4.69) is 6.92 Å². The van der Waals surface area contributed by atoms with Crippen LogP contribution in [0.3, 0.4) is 0 Å². The molecule has 0 amide bonds. The van der Waals surface area contributed by atoms with Crippen LogP contribution >= 0.6 is 11.6 Å². The van der Waals surface area contributed by atoms with Crippen LogP contribution < -0.4 is 0 Å². The molecular weight excluding hydrogens is 204 g/mol. The lowest BCUT2D eigenvalue weighted by Crippen LogP contribution is -2.00. The van der Waals surface area contributed by atoms with Crippen molar-refractivity contribution < 1.29 is 0 Å². The molecule has 0 bridgehead atoms. The van der Waals surface area contributed by atoms with Crippen molar-refractivity contribution in [2.45, 2.75) is 82.9 Å². The minimum absolute atomic E-state index is 0.456. The fourth-order valence-corrected chi connectivity index (χ4v) is 2.85. The molecule has 0 nitrogen and oxygen atoms in total. The standard InChI is InChI=1S/C14H27Cl/c1-13-9-6-4-2-3-5-7-11-14(15)12-8-10-13/h13-14H,2-12H2,1H3. The average Bonchev–Trinajstić information content (AvgIpc) is 2.22. The second-order valence-corrected chi connectivity index (χ2v) is 5.95. The molecule has 0 saturated heterocycles. The molecule has 90 valence electrons. The van der Waals surface area contributed by atoms with E-state index in [-0.39, 0.29) is 0 Å². The van der Waals surface area contributed by atoms with Gasteiger partial charge in [0.25, 0.3) is 0 Å². The fraction of sp³-hybridized carbons (Fsp3) is 1.00. The van der Waals surface area contributed by atoms with E-state index in [1.165, 1.54) is 70.6 Å². The van der Waals surface area contributed by atoms with Crippen LogP contribution in [0.1, 0.15) is 77.6 Å². The monoisotopic (exact) mass is 230 g/mol. The Hall–Kier alpha value is 0.290. The van der Waals surface area contributed by atoms with E-state index in [1.54, 1.807) is 0 Å². The van der Waals surface area contributed by atoms with E-state index in [9.17, 15) is 0 Å². The molecule has 1 aliphatic carbocycles. The molecule has 0 aromatic heterocycles. The molecule has 1 saturated carbocycles. The lowest BCUT2D eigenvalue weighted by Gasteiger charge is -2.12. The van der Waals surface area contributed by atoms with E-state index in [0.717, 1.165) is 5.92 Å². The van der Waals surface area contributed by atoms with Gasteiger partial charge in [0, 0.05) is 5.38 Å². The molecule has 0 aromatic rings. The molecular formula is C14H27Cl. The fourth-order valence-electron chi connectivity index (χ4n) is 2.54. The summed E-state index contributed by atoms with van der Waals surface area (Å²) in [4.78, 5) is 0. The first-order chi connectivity index (χ1) is 7.29. The third kappa shape index (κ3) is 7.22. The molecule has 0 aliphatic heterocycles. The summed E-state index contributed by atoms with van der Waals surface area (Å²) in [5.41, 5.74) is 0. The Morgan fingerprint density at radius 1 is 0.667 bits per heavy atom. The SMILES string of the molecule is CC1CCCCCCCCC(Cl)CCC1. The highest BCUT2D eigenvalue weighted by Crippen LogP contribution is 2.22. The number of hydrogen-bond acceptors (Lipinski definition) is 0. The van der Waals surface area contributed by atoms with Crippen LogP contribution in [0.2, 0.25) is 0 Å². The van der Waals surface area contributed by atoms with Crippen molar-refractivity contribution in [3.63, 3.8) is 0 Å². The molecule has 1 heteroatoms. The molecule has 1 aliphatic rings. The highest BCUT2D eigenvalue weighted by atomic mass is 35.5. The quantitative estimate of drug-likeness (QED) is 0.480. The van der Waals surface area contributed by atoms with Crippen molar-refractivity contribution in [1.29, 1.82) is 0 Å². The van der Waals surface area contributed by atoms with Gasteiger partial charge in [-0.05, 0) is 18.8 Å². The maximum atomic E-state index is 6.30. The molecule has 1 rings (SSSR count). The van der Waals surface area contributed by atoms with Crippen LogP contribution in [-0.4, -0.2) is 5.38 Å². The highest BCUT2D eigenvalue weighted by molar-refractivity contribution is 6.20. The molecule has 1 fully saturated rings. The van der Waals surface area contributed by atoms with Crippen molar-refractivity contribution in [1.82, 2.24) is 0 Å². The number of halogens is 1. The van der Waals surface area contributed by atoms with Crippen LogP contribution in [0, 0.1) is 5.92 Å². The number of rotatable bonds is 0. The van der Waals surface area contributed by atoms with Crippen LogP contribution in [0.5, 0.6) is 0 Å². The van der Waals surface area contributed by atoms with Crippen molar-refractivity contribution >= 4 is 11.6 Å². The van der Waals surface area contributed by atoms with E-state index in [4.69, 9.17) is 11.6 Å². The van der Waals surface area contributed by atoms with E-state index >= 15 is 0 Å². The topological polar surface area (TPSA) is 0 Å². The van der Waals surface area contributed by atoms with Gasteiger partial charge in [-0.25, -0.2) is 0 Å². The predicted octanol–water partition coefficient (Wildman–Crippen LogP) is 5.53. The van der Waals surface area contributed by atoms with E-state index in [0.29, 0.717) is 5.38 Å². The van der Waals surface area contributed by atoms with Crippen molar-refractivity contribution in [2.75, 3.05) is 0 Å². The summed E-state index contributed by atoms with van der Waals surface area (Å²) < 4.78 is 0. The minimum Gasteiger partial charge on any atom is -0.123 e. The zero-order valence-electron chi connectivity index (χ0n) is 10.3. The Bertz CT molecular complexity index is 128. The lowest BCUT2D eigenvalue weighted by molar-refractivity contribution is 0.440. The van der Waals surface area contributed by atoms with E-state index in [1.807, 2.05) is 0 Å². The summed E-state index contributed by atoms with van der Waals surface area (Å²) in [6.07, 6.45) is 15.2. The van der Waals surface area contributed by atoms with E-state index < -0.39 is 0 Å². The van der Waals surface area contributed by atoms with Crippen LogP contribution in [0.15, 0.2) is 0 Å². The molecule has 2 atom stereocenters. The molecule has 0 spiro atoms. The Morgan fingerprint density at radius 3 is 1.87 bits per heavy atom. The number of alkyl halides is 1. The first-order valence-corrected chi connectivity index (χ1v) is 7.36. The zero-order valence-corrected chi connectivity index (χ0v) is 11.1. The molecule has 0 heterocycles. The Kier molecular flexibility index (Phi) is 7.52. The third-order valence-electron chi connectivity index (χ3n) is 3.68. The second kappa shape index (κ2) is 8.44. The van der Waals surface area contributed by atoms with Gasteiger partial charge in [0.1, 0.15) is 0 Å². The predicted molar refractivity (Wildman–Crippen MR) is 69.6 cm³/mol. The van der Waals surface area contributed by atoms with Crippen LogP contribution in [0.25, 0.3) is 0 Å². The first-order valence-electron chi connectivity index (χ1n) is 6.93. The van der Waals surface area contributed by atoms with Gasteiger partial charge in [-0.1, -0.05) is 64.7 Å². The average molecular weight is 231 g/mol. The Morgan fingerprint density at radius 2 is 1.13 bits per heavy atom. The highest BCUT2D eigenvalue weighted by Gasteiger charge is 2.08. The van der Waals surface area contributed by atoms with Gasteiger partial charge >= 0.3 is 0 Å². The Labute approximate surface area is 101 Å². The maximum Gasteiger partial charge on any atom is 0.0336 e. The summed E-state index contributed by atoms with van der Waals surface area (Å²) >= 11 is 6.30. The maximum absolute atomic E-state index is 6.30. The van der Waals surface area contributed by atoms with Crippen molar-refractivity contribution in [3.05, 3.63) is 0 Å². The second-order valence-electron chi connectivity index (χ2n) is 5.33. The first kappa shape index (κ1) is 13.4. The van der Waals surface area contributed by atoms with Gasteiger partial charge in [-0.3, -0.25) is 0 Å². The molecule has 2 unspecified atom stereocenters. The van der Waals surface area contributed by atoms with Gasteiger partial charge in [-0.2, -0.15) is 0 Å². The largest absolute Gasteiger partial charge is 0.123 e. The molecule has 0 aromatic carbocycles. The summed E-state index contributed by atoms with van der Waals surface area (Å²) in [7, 11) is 0. The molecule has 0 radical (unpaired) electrons. The van der Waals surface area contributed by atoms with Gasteiger partial charge < -0.3 is 0 Å². The smallest absolute Gasteiger partial charge is 0.0336 e. The van der Waals surface area contributed by atoms with Crippen molar-refractivity contribution in [3.8, 4) is 0 Å². The third-order valence-corrected chi connectivity index (χ3v) is 4.11. The molecule has 0 N–H and O–H groups in total. The zero-order chi connectivity index (χ0) is 10.9. The van der Waals surface area contributed by atoms with Crippen LogP contribution in [0.4, 0.5) is 0 Å². The summed E-state index contributed by atoms with van der Waals surface area (Å²) in [6.45, 7) is 2.41. The van der Waals surface area contributed by atoms with Gasteiger partial charge in [-0.15, -0.1) is 11.6 Å². The normalized spacial score (nSPS) is 32.4.